The Morgan fingerprint density at radius 2 is 1.83 bits per heavy atom. The fraction of sp³-hybridized carbons (Fsp3) is 0.632. The van der Waals surface area contributed by atoms with Crippen molar-refractivity contribution in [1.29, 1.82) is 0 Å². The Hall–Kier alpha value is -1.55. The molecule has 23 heavy (non-hydrogen) atoms. The molecule has 0 spiro atoms. The Morgan fingerprint density at radius 3 is 2.52 bits per heavy atom. The summed E-state index contributed by atoms with van der Waals surface area (Å²) in [7, 11) is 1.70. The molecule has 2 fully saturated rings. The van der Waals surface area contributed by atoms with Crippen LogP contribution >= 0.6 is 0 Å². The third-order valence-corrected chi connectivity index (χ3v) is 5.41. The maximum atomic E-state index is 11.9. The van der Waals surface area contributed by atoms with E-state index < -0.39 is 0 Å². The molecule has 126 valence electrons. The molecule has 1 amide bonds. The summed E-state index contributed by atoms with van der Waals surface area (Å²) in [5.74, 6) is 1.16. The van der Waals surface area contributed by atoms with E-state index in [9.17, 15) is 4.79 Å². The number of rotatable bonds is 5. The Balaban J connectivity index is 1.59. The monoisotopic (exact) mass is 316 g/mol. The number of carbonyl (C=O) groups excluding carboxylic acids is 1. The number of benzene rings is 1. The van der Waals surface area contributed by atoms with Crippen LogP contribution in [0.4, 0.5) is 0 Å². The summed E-state index contributed by atoms with van der Waals surface area (Å²) in [6.45, 7) is 4.92. The van der Waals surface area contributed by atoms with Gasteiger partial charge in [-0.2, -0.15) is 0 Å². The first-order chi connectivity index (χ1) is 11.2. The summed E-state index contributed by atoms with van der Waals surface area (Å²) in [5.41, 5.74) is 1.35. The third-order valence-electron chi connectivity index (χ3n) is 5.41. The first-order valence-electron chi connectivity index (χ1n) is 8.83. The molecule has 3 rings (SSSR count). The molecule has 1 aromatic rings. The van der Waals surface area contributed by atoms with Crippen LogP contribution in [-0.4, -0.2) is 54.5 Å². The highest BCUT2D eigenvalue weighted by atomic mass is 16.5. The van der Waals surface area contributed by atoms with Gasteiger partial charge in [-0.05, 0) is 56.3 Å². The van der Waals surface area contributed by atoms with Gasteiger partial charge in [0.2, 0.25) is 5.91 Å². The number of ether oxygens (including phenoxy) is 1. The predicted molar refractivity (Wildman–Crippen MR) is 91.7 cm³/mol. The van der Waals surface area contributed by atoms with Crippen LogP contribution in [0.1, 0.15) is 38.2 Å². The van der Waals surface area contributed by atoms with Crippen molar-refractivity contribution in [3.63, 3.8) is 0 Å². The van der Waals surface area contributed by atoms with Gasteiger partial charge >= 0.3 is 0 Å². The Labute approximate surface area is 139 Å². The van der Waals surface area contributed by atoms with Gasteiger partial charge in [0.15, 0.2) is 0 Å². The van der Waals surface area contributed by atoms with Crippen molar-refractivity contribution in [2.75, 3.05) is 26.7 Å². The number of hydrogen-bond donors (Lipinski definition) is 0. The zero-order chi connectivity index (χ0) is 16.2. The lowest BCUT2D eigenvalue weighted by molar-refractivity contribution is -0.130. The Morgan fingerprint density at radius 1 is 1.13 bits per heavy atom. The largest absolute Gasteiger partial charge is 0.497 e. The van der Waals surface area contributed by atoms with Crippen LogP contribution in [0.2, 0.25) is 0 Å². The molecule has 2 aliphatic rings. The number of likely N-dealkylation sites (tertiary alicyclic amines) is 2. The second-order valence-corrected chi connectivity index (χ2v) is 6.77. The Kier molecular flexibility index (Phi) is 5.21. The molecule has 0 aliphatic carbocycles. The lowest BCUT2D eigenvalue weighted by atomic mass is 10.0. The van der Waals surface area contributed by atoms with E-state index in [2.05, 4.69) is 21.9 Å². The van der Waals surface area contributed by atoms with E-state index in [1.54, 1.807) is 14.0 Å². The molecule has 2 atom stereocenters. The number of carbonyl (C=O) groups is 1. The van der Waals surface area contributed by atoms with E-state index in [1.807, 2.05) is 12.1 Å². The SMILES string of the molecule is COc1ccc(CCN2CCC[C@H]2[C@@H]2CCCN2C(C)=O)cc1. The van der Waals surface area contributed by atoms with Gasteiger partial charge in [0, 0.05) is 32.1 Å². The van der Waals surface area contributed by atoms with Gasteiger partial charge in [-0.25, -0.2) is 0 Å². The highest BCUT2D eigenvalue weighted by Gasteiger charge is 2.38. The zero-order valence-electron chi connectivity index (χ0n) is 14.3. The topological polar surface area (TPSA) is 32.8 Å². The van der Waals surface area contributed by atoms with Crippen molar-refractivity contribution < 1.29 is 9.53 Å². The van der Waals surface area contributed by atoms with Gasteiger partial charge < -0.3 is 9.64 Å². The van der Waals surface area contributed by atoms with Crippen LogP contribution in [0.15, 0.2) is 24.3 Å². The van der Waals surface area contributed by atoms with E-state index >= 15 is 0 Å². The minimum Gasteiger partial charge on any atom is -0.497 e. The third kappa shape index (κ3) is 3.69. The van der Waals surface area contributed by atoms with Crippen LogP contribution in [-0.2, 0) is 11.2 Å². The number of methoxy groups -OCH3 is 1. The van der Waals surface area contributed by atoms with E-state index in [0.29, 0.717) is 12.1 Å². The summed E-state index contributed by atoms with van der Waals surface area (Å²) < 4.78 is 5.22. The molecule has 0 radical (unpaired) electrons. The van der Waals surface area contributed by atoms with Crippen molar-refractivity contribution in [1.82, 2.24) is 9.80 Å². The molecular formula is C19H28N2O2. The van der Waals surface area contributed by atoms with Crippen LogP contribution < -0.4 is 4.74 Å². The lowest BCUT2D eigenvalue weighted by Gasteiger charge is -2.34. The predicted octanol–water partition coefficient (Wildman–Crippen LogP) is 2.71. The molecule has 1 aromatic carbocycles. The highest BCUT2D eigenvalue weighted by Crippen LogP contribution is 2.30. The molecule has 0 unspecified atom stereocenters. The second kappa shape index (κ2) is 7.35. The summed E-state index contributed by atoms with van der Waals surface area (Å²) in [5, 5.41) is 0. The van der Waals surface area contributed by atoms with Crippen LogP contribution in [0, 0.1) is 0 Å². The lowest BCUT2D eigenvalue weighted by Crippen LogP contribution is -2.48. The van der Waals surface area contributed by atoms with Crippen LogP contribution in [0.5, 0.6) is 5.75 Å². The van der Waals surface area contributed by atoms with Crippen molar-refractivity contribution in [2.45, 2.75) is 51.1 Å². The first-order valence-corrected chi connectivity index (χ1v) is 8.83. The number of amides is 1. The minimum atomic E-state index is 0.245. The van der Waals surface area contributed by atoms with Gasteiger partial charge in [0.05, 0.1) is 7.11 Å². The quantitative estimate of drug-likeness (QED) is 0.837. The average Bonchev–Trinajstić information content (AvgIpc) is 3.21. The van der Waals surface area contributed by atoms with Gasteiger partial charge in [0.1, 0.15) is 5.75 Å². The van der Waals surface area contributed by atoms with Gasteiger partial charge in [0.25, 0.3) is 0 Å². The molecule has 2 heterocycles. The molecule has 0 N–H and O–H groups in total. The fourth-order valence-electron chi connectivity index (χ4n) is 4.21. The minimum absolute atomic E-state index is 0.245. The van der Waals surface area contributed by atoms with Crippen molar-refractivity contribution in [3.05, 3.63) is 29.8 Å². The average molecular weight is 316 g/mol. The van der Waals surface area contributed by atoms with Gasteiger partial charge in [-0.15, -0.1) is 0 Å². The maximum Gasteiger partial charge on any atom is 0.219 e. The summed E-state index contributed by atoms with van der Waals surface area (Å²) in [4.78, 5) is 16.6. The van der Waals surface area contributed by atoms with Crippen LogP contribution in [0.25, 0.3) is 0 Å². The standard InChI is InChI=1S/C19H28N2O2/c1-15(22)21-13-4-6-19(21)18-5-3-12-20(18)14-11-16-7-9-17(23-2)10-8-16/h7-10,18-19H,3-6,11-14H2,1-2H3/t18-,19-/m0/s1. The Bertz CT molecular complexity index is 529. The fourth-order valence-corrected chi connectivity index (χ4v) is 4.21. The zero-order valence-corrected chi connectivity index (χ0v) is 14.3. The van der Waals surface area contributed by atoms with Crippen LogP contribution in [0.3, 0.4) is 0 Å². The molecular weight excluding hydrogens is 288 g/mol. The van der Waals surface area contributed by atoms with Gasteiger partial charge in [-0.3, -0.25) is 9.69 Å². The first kappa shape index (κ1) is 16.3. The normalized spacial score (nSPS) is 25.0. The smallest absolute Gasteiger partial charge is 0.219 e. The van der Waals surface area contributed by atoms with Crippen molar-refractivity contribution in [3.8, 4) is 5.75 Å². The van der Waals surface area contributed by atoms with E-state index in [0.717, 1.165) is 31.7 Å². The summed E-state index contributed by atoms with van der Waals surface area (Å²) in [6.07, 6.45) is 5.89. The molecule has 4 heteroatoms. The second-order valence-electron chi connectivity index (χ2n) is 6.77. The molecule has 4 nitrogen and oxygen atoms in total. The number of nitrogens with zero attached hydrogens (tertiary/aromatic N) is 2. The summed E-state index contributed by atoms with van der Waals surface area (Å²) in [6, 6.07) is 9.37. The number of hydrogen-bond acceptors (Lipinski definition) is 3. The summed E-state index contributed by atoms with van der Waals surface area (Å²) >= 11 is 0. The molecule has 0 saturated carbocycles. The maximum absolute atomic E-state index is 11.9. The molecule has 0 aromatic heterocycles. The van der Waals surface area contributed by atoms with Crippen molar-refractivity contribution in [2.24, 2.45) is 0 Å². The van der Waals surface area contributed by atoms with Crippen molar-refractivity contribution >= 4 is 5.91 Å². The molecule has 0 bridgehead atoms. The van der Waals surface area contributed by atoms with E-state index in [1.165, 1.54) is 31.4 Å². The van der Waals surface area contributed by atoms with Gasteiger partial charge in [-0.1, -0.05) is 12.1 Å². The highest BCUT2D eigenvalue weighted by molar-refractivity contribution is 5.74. The van der Waals surface area contributed by atoms with E-state index in [4.69, 9.17) is 4.74 Å². The van der Waals surface area contributed by atoms with E-state index in [-0.39, 0.29) is 5.91 Å². The molecule has 2 saturated heterocycles. The molecule has 2 aliphatic heterocycles.